The van der Waals surface area contributed by atoms with Crippen LogP contribution in [-0.2, 0) is 23.7 Å². The Balaban J connectivity index is 1.84. The maximum Gasteiger partial charge on any atom is 0.239 e. The van der Waals surface area contributed by atoms with Gasteiger partial charge in [-0.1, -0.05) is 0 Å². The fourth-order valence-corrected chi connectivity index (χ4v) is 2.88. The summed E-state index contributed by atoms with van der Waals surface area (Å²) in [5, 5.41) is 10.9. The summed E-state index contributed by atoms with van der Waals surface area (Å²) in [6, 6.07) is 0. The molecule has 21 heavy (non-hydrogen) atoms. The van der Waals surface area contributed by atoms with Gasteiger partial charge in [-0.05, 0) is 27.7 Å². The minimum atomic E-state index is -0.831. The number of rotatable bonds is 2. The second-order valence-electron chi connectivity index (χ2n) is 6.26. The number of hydrogen-bond acceptors (Lipinski definition) is 7. The second kappa shape index (κ2) is 4.72. The normalized spacial score (nSPS) is 42.4. The van der Waals surface area contributed by atoms with E-state index in [0.29, 0.717) is 12.2 Å². The molecule has 3 heterocycles. The summed E-state index contributed by atoms with van der Waals surface area (Å²) in [6.07, 6.45) is -1.36. The van der Waals surface area contributed by atoms with E-state index in [2.05, 4.69) is 0 Å². The molecule has 0 spiro atoms. The topological polar surface area (TPSA) is 89.3 Å². The van der Waals surface area contributed by atoms with Gasteiger partial charge >= 0.3 is 0 Å². The Kier molecular flexibility index (Phi) is 3.34. The van der Waals surface area contributed by atoms with Crippen molar-refractivity contribution in [1.82, 2.24) is 0 Å². The average Bonchev–Trinajstić information content (AvgIpc) is 2.90. The van der Waals surface area contributed by atoms with Crippen LogP contribution in [0.5, 0.6) is 0 Å². The molecule has 0 aromatic rings. The first-order valence-corrected chi connectivity index (χ1v) is 6.85. The minimum absolute atomic E-state index is 0.301. The lowest BCUT2D eigenvalue weighted by atomic mass is 10.0. The Hall–Kier alpha value is -1.06. The number of fused-ring (bicyclic) bond motifs is 1. The highest BCUT2D eigenvalue weighted by molar-refractivity contribution is 5.21. The quantitative estimate of drug-likeness (QED) is 0.558. The molecular formula is C13H19NO7. The molecule has 4 atom stereocenters. The van der Waals surface area contributed by atoms with Gasteiger partial charge in [0.1, 0.15) is 18.3 Å². The number of nitrogens with zero attached hydrogens (tertiary/aromatic N) is 1. The van der Waals surface area contributed by atoms with Crippen LogP contribution < -0.4 is 0 Å². The maximum atomic E-state index is 10.9. The predicted octanol–water partition coefficient (Wildman–Crippen LogP) is 1.17. The standard InChI is InChI=1S/C13H19NO7/c1-12(2)17-6-8(19-12)9-7(5-14(15)16)10-11(18-9)21-13(3,4)20-10/h5,8-11H,6H2,1-4H3/b7-5-/t8-,9+,10-,11-/m1/s1. The fraction of sp³-hybridized carbons (Fsp3) is 0.846. The SMILES string of the molecule is CC1(C)O[C@H]2O[C@H]([C@H]3COC(C)(C)O3)/C(=C/[N+](=O)[O-])[C@H]2O1. The summed E-state index contributed by atoms with van der Waals surface area (Å²) in [6.45, 7) is 7.36. The van der Waals surface area contributed by atoms with Gasteiger partial charge in [-0.15, -0.1) is 0 Å². The van der Waals surface area contributed by atoms with E-state index < -0.39 is 41.1 Å². The Labute approximate surface area is 122 Å². The van der Waals surface area contributed by atoms with Crippen LogP contribution in [0, 0.1) is 10.1 Å². The van der Waals surface area contributed by atoms with Crippen molar-refractivity contribution in [2.75, 3.05) is 6.61 Å². The molecular weight excluding hydrogens is 282 g/mol. The van der Waals surface area contributed by atoms with Gasteiger partial charge in [0, 0.05) is 0 Å². The highest BCUT2D eigenvalue weighted by atomic mass is 16.8. The van der Waals surface area contributed by atoms with E-state index in [1.165, 1.54) is 0 Å². The number of hydrogen-bond donors (Lipinski definition) is 0. The third-order valence-electron chi connectivity index (χ3n) is 3.62. The summed E-state index contributed by atoms with van der Waals surface area (Å²) < 4.78 is 28.4. The molecule has 0 N–H and O–H groups in total. The van der Waals surface area contributed by atoms with Crippen LogP contribution in [0.1, 0.15) is 27.7 Å². The van der Waals surface area contributed by atoms with Crippen molar-refractivity contribution in [3.05, 3.63) is 21.9 Å². The molecule has 0 aromatic heterocycles. The highest BCUT2D eigenvalue weighted by Gasteiger charge is 2.56. The molecule has 0 aromatic carbocycles. The summed E-state index contributed by atoms with van der Waals surface area (Å²) in [5.41, 5.74) is 0.418. The van der Waals surface area contributed by atoms with E-state index in [-0.39, 0.29) is 0 Å². The summed E-state index contributed by atoms with van der Waals surface area (Å²) >= 11 is 0. The van der Waals surface area contributed by atoms with Gasteiger partial charge in [0.15, 0.2) is 17.9 Å². The third kappa shape index (κ3) is 2.82. The minimum Gasteiger partial charge on any atom is -0.348 e. The van der Waals surface area contributed by atoms with Crippen LogP contribution in [0.4, 0.5) is 0 Å². The summed E-state index contributed by atoms with van der Waals surface area (Å²) in [4.78, 5) is 10.4. The van der Waals surface area contributed by atoms with Gasteiger partial charge in [-0.25, -0.2) is 0 Å². The molecule has 3 fully saturated rings. The summed E-state index contributed by atoms with van der Waals surface area (Å²) in [5.74, 6) is -1.56. The lowest BCUT2D eigenvalue weighted by Crippen LogP contribution is -2.35. The molecule has 0 amide bonds. The molecule has 0 aliphatic carbocycles. The van der Waals surface area contributed by atoms with Crippen LogP contribution in [0.2, 0.25) is 0 Å². The third-order valence-corrected chi connectivity index (χ3v) is 3.62. The van der Waals surface area contributed by atoms with Gasteiger partial charge < -0.3 is 23.7 Å². The Morgan fingerprint density at radius 2 is 1.86 bits per heavy atom. The smallest absolute Gasteiger partial charge is 0.239 e. The monoisotopic (exact) mass is 301 g/mol. The van der Waals surface area contributed by atoms with Crippen molar-refractivity contribution in [1.29, 1.82) is 0 Å². The largest absolute Gasteiger partial charge is 0.348 e. The fourth-order valence-electron chi connectivity index (χ4n) is 2.88. The van der Waals surface area contributed by atoms with Crippen LogP contribution >= 0.6 is 0 Å². The van der Waals surface area contributed by atoms with Gasteiger partial charge in [0.25, 0.3) is 0 Å². The van der Waals surface area contributed by atoms with E-state index in [9.17, 15) is 10.1 Å². The van der Waals surface area contributed by atoms with Crippen molar-refractivity contribution < 1.29 is 28.6 Å². The predicted molar refractivity (Wildman–Crippen MR) is 68.7 cm³/mol. The summed E-state index contributed by atoms with van der Waals surface area (Å²) in [7, 11) is 0. The Morgan fingerprint density at radius 1 is 1.14 bits per heavy atom. The Morgan fingerprint density at radius 3 is 2.43 bits per heavy atom. The maximum absolute atomic E-state index is 10.9. The first kappa shape index (κ1) is 14.9. The second-order valence-corrected chi connectivity index (χ2v) is 6.26. The van der Waals surface area contributed by atoms with E-state index in [4.69, 9.17) is 23.7 Å². The number of nitro groups is 1. The van der Waals surface area contributed by atoms with E-state index in [1.54, 1.807) is 27.7 Å². The zero-order chi connectivity index (χ0) is 15.4. The van der Waals surface area contributed by atoms with Crippen molar-refractivity contribution in [3.8, 4) is 0 Å². The van der Waals surface area contributed by atoms with E-state index in [0.717, 1.165) is 6.20 Å². The van der Waals surface area contributed by atoms with Crippen molar-refractivity contribution in [2.24, 2.45) is 0 Å². The zero-order valence-electron chi connectivity index (χ0n) is 12.4. The van der Waals surface area contributed by atoms with Crippen LogP contribution in [0.3, 0.4) is 0 Å². The lowest BCUT2D eigenvalue weighted by Gasteiger charge is -2.24. The Bertz CT molecular complexity index is 487. The average molecular weight is 301 g/mol. The van der Waals surface area contributed by atoms with Crippen LogP contribution in [0.15, 0.2) is 11.8 Å². The van der Waals surface area contributed by atoms with Crippen LogP contribution in [0.25, 0.3) is 0 Å². The number of ether oxygens (including phenoxy) is 5. The van der Waals surface area contributed by atoms with Gasteiger partial charge in [-0.3, -0.25) is 10.1 Å². The molecule has 0 saturated carbocycles. The van der Waals surface area contributed by atoms with E-state index >= 15 is 0 Å². The van der Waals surface area contributed by atoms with Gasteiger partial charge in [0.2, 0.25) is 6.20 Å². The van der Waals surface area contributed by atoms with Crippen molar-refractivity contribution in [2.45, 2.75) is 63.9 Å². The molecule has 8 nitrogen and oxygen atoms in total. The molecule has 3 aliphatic rings. The highest BCUT2D eigenvalue weighted by Crippen LogP contribution is 2.43. The molecule has 3 rings (SSSR count). The lowest BCUT2D eigenvalue weighted by molar-refractivity contribution is -0.404. The molecule has 3 aliphatic heterocycles. The van der Waals surface area contributed by atoms with Crippen molar-refractivity contribution in [3.63, 3.8) is 0 Å². The van der Waals surface area contributed by atoms with Gasteiger partial charge in [0.05, 0.1) is 17.1 Å². The zero-order valence-corrected chi connectivity index (χ0v) is 12.4. The van der Waals surface area contributed by atoms with Crippen LogP contribution in [-0.4, -0.2) is 47.7 Å². The van der Waals surface area contributed by atoms with Gasteiger partial charge in [-0.2, -0.15) is 0 Å². The van der Waals surface area contributed by atoms with Crippen molar-refractivity contribution >= 4 is 0 Å². The molecule has 3 saturated heterocycles. The first-order chi connectivity index (χ1) is 9.67. The molecule has 0 unspecified atom stereocenters. The molecule has 0 bridgehead atoms. The molecule has 118 valence electrons. The molecule has 0 radical (unpaired) electrons. The van der Waals surface area contributed by atoms with E-state index in [1.807, 2.05) is 0 Å². The molecule has 8 heteroatoms. The first-order valence-electron chi connectivity index (χ1n) is 6.85.